The van der Waals surface area contributed by atoms with Crippen LogP contribution in [-0.4, -0.2) is 30.1 Å². The molecule has 0 N–H and O–H groups in total. The van der Waals surface area contributed by atoms with Crippen LogP contribution in [0.1, 0.15) is 84.4 Å². The molecular weight excluding hydrogens is 414 g/mol. The fourth-order valence-electron chi connectivity index (χ4n) is 4.71. The molecular formula is C28H33NO4. The van der Waals surface area contributed by atoms with Crippen LogP contribution in [0.25, 0.3) is 11.0 Å². The molecule has 5 heteroatoms. The van der Waals surface area contributed by atoms with E-state index in [1.807, 2.05) is 52.0 Å². The van der Waals surface area contributed by atoms with Gasteiger partial charge in [-0.3, -0.25) is 9.59 Å². The lowest BCUT2D eigenvalue weighted by Gasteiger charge is -2.25. The fraction of sp³-hybridized carbons (Fsp3) is 0.429. The average molecular weight is 448 g/mol. The normalized spacial score (nSPS) is 15.8. The van der Waals surface area contributed by atoms with Gasteiger partial charge in [0.05, 0.1) is 23.1 Å². The Hall–Kier alpha value is -2.92. The highest BCUT2D eigenvalue weighted by atomic mass is 16.5. The monoisotopic (exact) mass is 447 g/mol. The summed E-state index contributed by atoms with van der Waals surface area (Å²) >= 11 is 0. The smallest absolute Gasteiger partial charge is 0.290 e. The molecule has 1 aliphatic heterocycles. The summed E-state index contributed by atoms with van der Waals surface area (Å²) in [5.74, 6) is 0.339. The number of hydrogen-bond donors (Lipinski definition) is 0. The van der Waals surface area contributed by atoms with Gasteiger partial charge >= 0.3 is 0 Å². The second-order valence-corrected chi connectivity index (χ2v) is 9.62. The van der Waals surface area contributed by atoms with Crippen LogP contribution in [0.2, 0.25) is 0 Å². The van der Waals surface area contributed by atoms with Crippen molar-refractivity contribution < 1.29 is 13.9 Å². The van der Waals surface area contributed by atoms with Crippen LogP contribution in [0, 0.1) is 13.8 Å². The highest BCUT2D eigenvalue weighted by Crippen LogP contribution is 2.39. The SMILES string of the molecule is Cc1cc(C)c2c(=O)c3c(oc2c1)C(=O)N(CCCOC(C)C)C3c1ccc(C(C)C)cc1. The van der Waals surface area contributed by atoms with Crippen molar-refractivity contribution in [2.45, 2.75) is 66.0 Å². The Balaban J connectivity index is 1.84. The number of rotatable bonds is 7. The predicted octanol–water partition coefficient (Wildman–Crippen LogP) is 5.89. The molecule has 1 unspecified atom stereocenters. The molecule has 1 atom stereocenters. The molecule has 5 nitrogen and oxygen atoms in total. The van der Waals surface area contributed by atoms with Crippen molar-refractivity contribution >= 4 is 16.9 Å². The van der Waals surface area contributed by atoms with Crippen LogP contribution >= 0.6 is 0 Å². The number of carbonyl (C=O) groups excluding carboxylic acids is 1. The van der Waals surface area contributed by atoms with Crippen molar-refractivity contribution in [2.24, 2.45) is 0 Å². The van der Waals surface area contributed by atoms with E-state index in [9.17, 15) is 9.59 Å². The van der Waals surface area contributed by atoms with E-state index in [2.05, 4.69) is 26.0 Å². The van der Waals surface area contributed by atoms with E-state index < -0.39 is 6.04 Å². The van der Waals surface area contributed by atoms with Gasteiger partial charge in [-0.05, 0) is 68.4 Å². The zero-order valence-electron chi connectivity index (χ0n) is 20.4. The maximum atomic E-state index is 13.8. The molecule has 0 radical (unpaired) electrons. The summed E-state index contributed by atoms with van der Waals surface area (Å²) in [6.07, 6.45) is 0.820. The Bertz CT molecular complexity index is 1240. The Morgan fingerprint density at radius 2 is 1.73 bits per heavy atom. The van der Waals surface area contributed by atoms with Crippen molar-refractivity contribution in [1.82, 2.24) is 4.90 Å². The summed E-state index contributed by atoms with van der Waals surface area (Å²) in [4.78, 5) is 29.0. The van der Waals surface area contributed by atoms with Gasteiger partial charge in [-0.2, -0.15) is 0 Å². The largest absolute Gasteiger partial charge is 0.450 e. The van der Waals surface area contributed by atoms with Crippen molar-refractivity contribution in [3.05, 3.63) is 80.2 Å². The standard InChI is InChI=1S/C28H33NO4/c1-16(2)20-8-10-21(11-9-20)25-24-26(30)23-19(6)14-18(5)15-22(23)33-27(24)28(31)29(25)12-7-13-32-17(3)4/h8-11,14-17,25H,7,12-13H2,1-6H3. The number of fused-ring (bicyclic) bond motifs is 2. The van der Waals surface area contributed by atoms with Crippen LogP contribution in [0.5, 0.6) is 0 Å². The summed E-state index contributed by atoms with van der Waals surface area (Å²) in [6.45, 7) is 13.2. The second-order valence-electron chi connectivity index (χ2n) is 9.62. The Morgan fingerprint density at radius 3 is 2.36 bits per heavy atom. The third kappa shape index (κ3) is 4.34. The summed E-state index contributed by atoms with van der Waals surface area (Å²) < 4.78 is 11.8. The summed E-state index contributed by atoms with van der Waals surface area (Å²) in [7, 11) is 0. The Labute approximate surface area is 195 Å². The molecule has 0 spiro atoms. The number of carbonyl (C=O) groups is 1. The minimum Gasteiger partial charge on any atom is -0.450 e. The van der Waals surface area contributed by atoms with Gasteiger partial charge in [-0.1, -0.05) is 44.2 Å². The third-order valence-electron chi connectivity index (χ3n) is 6.33. The highest BCUT2D eigenvalue weighted by Gasteiger charge is 2.42. The molecule has 2 heterocycles. The van der Waals surface area contributed by atoms with Crippen molar-refractivity contribution in [1.29, 1.82) is 0 Å². The van der Waals surface area contributed by atoms with E-state index in [4.69, 9.17) is 9.15 Å². The molecule has 0 bridgehead atoms. The zero-order valence-corrected chi connectivity index (χ0v) is 20.4. The lowest BCUT2D eigenvalue weighted by Crippen LogP contribution is -2.31. The molecule has 2 aromatic carbocycles. The Morgan fingerprint density at radius 1 is 1.03 bits per heavy atom. The zero-order chi connectivity index (χ0) is 23.9. The molecule has 1 aromatic heterocycles. The number of hydrogen-bond acceptors (Lipinski definition) is 4. The molecule has 33 heavy (non-hydrogen) atoms. The van der Waals surface area contributed by atoms with Gasteiger partial charge in [0.15, 0.2) is 5.43 Å². The first-order valence-corrected chi connectivity index (χ1v) is 11.8. The van der Waals surface area contributed by atoms with Gasteiger partial charge in [0, 0.05) is 13.2 Å². The van der Waals surface area contributed by atoms with E-state index in [1.54, 1.807) is 4.90 Å². The van der Waals surface area contributed by atoms with Gasteiger partial charge in [0.1, 0.15) is 5.58 Å². The quantitative estimate of drug-likeness (QED) is 0.424. The average Bonchev–Trinajstić information content (AvgIpc) is 3.02. The van der Waals surface area contributed by atoms with Crippen LogP contribution in [0.4, 0.5) is 0 Å². The van der Waals surface area contributed by atoms with E-state index in [-0.39, 0.29) is 23.2 Å². The number of nitrogens with zero attached hydrogens (tertiary/aromatic N) is 1. The van der Waals surface area contributed by atoms with Crippen molar-refractivity contribution in [3.8, 4) is 0 Å². The number of aryl methyl sites for hydroxylation is 2. The predicted molar refractivity (Wildman–Crippen MR) is 131 cm³/mol. The first kappa shape index (κ1) is 23.2. The van der Waals surface area contributed by atoms with Crippen LogP contribution in [-0.2, 0) is 4.74 Å². The lowest BCUT2D eigenvalue weighted by atomic mass is 9.94. The van der Waals surface area contributed by atoms with Crippen LogP contribution in [0.15, 0.2) is 45.6 Å². The van der Waals surface area contributed by atoms with Gasteiger partial charge in [0.2, 0.25) is 5.76 Å². The second kappa shape index (κ2) is 9.14. The summed E-state index contributed by atoms with van der Waals surface area (Å²) in [6, 6.07) is 11.6. The third-order valence-corrected chi connectivity index (χ3v) is 6.33. The van der Waals surface area contributed by atoms with Gasteiger partial charge < -0.3 is 14.1 Å². The maximum absolute atomic E-state index is 13.8. The molecule has 1 amide bonds. The molecule has 0 saturated heterocycles. The first-order valence-electron chi connectivity index (χ1n) is 11.8. The topological polar surface area (TPSA) is 59.8 Å². The molecule has 0 saturated carbocycles. The summed E-state index contributed by atoms with van der Waals surface area (Å²) in [5, 5.41) is 0.556. The minimum absolute atomic E-state index is 0.115. The number of benzene rings is 2. The van der Waals surface area contributed by atoms with Crippen molar-refractivity contribution in [3.63, 3.8) is 0 Å². The molecule has 174 valence electrons. The van der Waals surface area contributed by atoms with Gasteiger partial charge in [0.25, 0.3) is 5.91 Å². The van der Waals surface area contributed by atoms with E-state index >= 15 is 0 Å². The number of ether oxygens (including phenoxy) is 1. The van der Waals surface area contributed by atoms with Crippen molar-refractivity contribution in [2.75, 3.05) is 13.2 Å². The molecule has 4 rings (SSSR count). The molecule has 0 aliphatic carbocycles. The molecule has 3 aromatic rings. The lowest BCUT2D eigenvalue weighted by molar-refractivity contribution is 0.0593. The van der Waals surface area contributed by atoms with E-state index in [0.717, 1.165) is 16.7 Å². The molecule has 1 aliphatic rings. The van der Waals surface area contributed by atoms with Crippen LogP contribution < -0.4 is 5.43 Å². The van der Waals surface area contributed by atoms with Gasteiger partial charge in [-0.25, -0.2) is 0 Å². The highest BCUT2D eigenvalue weighted by molar-refractivity contribution is 5.99. The molecule has 0 fully saturated rings. The first-order chi connectivity index (χ1) is 15.7. The maximum Gasteiger partial charge on any atom is 0.290 e. The number of amides is 1. The van der Waals surface area contributed by atoms with E-state index in [0.29, 0.717) is 42.0 Å². The summed E-state index contributed by atoms with van der Waals surface area (Å²) in [5.41, 5.74) is 4.81. The van der Waals surface area contributed by atoms with Gasteiger partial charge in [-0.15, -0.1) is 0 Å². The Kier molecular flexibility index (Phi) is 6.44. The fourth-order valence-corrected chi connectivity index (χ4v) is 4.71. The minimum atomic E-state index is -0.464. The van der Waals surface area contributed by atoms with Crippen LogP contribution in [0.3, 0.4) is 0 Å². The van der Waals surface area contributed by atoms with E-state index in [1.165, 1.54) is 5.56 Å².